The Kier molecular flexibility index (Phi) is 4.49. The predicted molar refractivity (Wildman–Crippen MR) is 61.6 cm³/mol. The van der Waals surface area contributed by atoms with Gasteiger partial charge in [0, 0.05) is 0 Å². The number of carboxylic acid groups (broad SMARTS) is 1. The van der Waals surface area contributed by atoms with Gasteiger partial charge in [-0.25, -0.2) is 0 Å². The molecule has 0 amide bonds. The number of nitriles is 1. The second-order valence-corrected chi connectivity index (χ2v) is 3.61. The smallest absolute Gasteiger partial charge is 0.317 e. The molecular formula is C12H14N2O3. The van der Waals surface area contributed by atoms with Gasteiger partial charge >= 0.3 is 5.97 Å². The fourth-order valence-corrected chi connectivity index (χ4v) is 1.52. The van der Waals surface area contributed by atoms with Crippen molar-refractivity contribution >= 4 is 5.97 Å². The van der Waals surface area contributed by atoms with E-state index in [-0.39, 0.29) is 6.54 Å². The Labute approximate surface area is 99.8 Å². The third kappa shape index (κ3) is 3.47. The molecule has 0 spiro atoms. The van der Waals surface area contributed by atoms with Crippen molar-refractivity contribution in [3.63, 3.8) is 0 Å². The van der Waals surface area contributed by atoms with Crippen LogP contribution in [0.3, 0.4) is 0 Å². The fraction of sp³-hybridized carbons (Fsp3) is 0.333. The van der Waals surface area contributed by atoms with E-state index in [9.17, 15) is 4.79 Å². The molecule has 90 valence electrons. The zero-order valence-corrected chi connectivity index (χ0v) is 9.75. The molecule has 0 fully saturated rings. The van der Waals surface area contributed by atoms with Crippen molar-refractivity contribution in [1.82, 2.24) is 4.90 Å². The first-order chi connectivity index (χ1) is 8.08. The highest BCUT2D eigenvalue weighted by Gasteiger charge is 2.18. The maximum Gasteiger partial charge on any atom is 0.317 e. The standard InChI is InChI=1S/C12H14N2O3/c1-14(8-12(15)16)11(7-13)9-3-5-10(17-2)6-4-9/h3-6,11H,8H2,1-2H3,(H,15,16). The van der Waals surface area contributed by atoms with Gasteiger partial charge in [-0.15, -0.1) is 0 Å². The third-order valence-electron chi connectivity index (χ3n) is 2.38. The molecule has 1 atom stereocenters. The van der Waals surface area contributed by atoms with E-state index in [1.807, 2.05) is 0 Å². The zero-order valence-electron chi connectivity index (χ0n) is 9.75. The second-order valence-electron chi connectivity index (χ2n) is 3.61. The number of nitrogens with zero attached hydrogens (tertiary/aromatic N) is 2. The highest BCUT2D eigenvalue weighted by molar-refractivity contribution is 5.69. The Morgan fingerprint density at radius 1 is 1.53 bits per heavy atom. The quantitative estimate of drug-likeness (QED) is 0.830. The van der Waals surface area contributed by atoms with Gasteiger partial charge in [0.2, 0.25) is 0 Å². The minimum Gasteiger partial charge on any atom is -0.497 e. The van der Waals surface area contributed by atoms with Crippen molar-refractivity contribution in [2.24, 2.45) is 0 Å². The number of carbonyl (C=O) groups is 1. The second kappa shape index (κ2) is 5.87. The summed E-state index contributed by atoms with van der Waals surface area (Å²) >= 11 is 0. The largest absolute Gasteiger partial charge is 0.497 e. The van der Waals surface area contributed by atoms with E-state index in [2.05, 4.69) is 6.07 Å². The Hall–Kier alpha value is -2.06. The number of ether oxygens (including phenoxy) is 1. The SMILES string of the molecule is COc1ccc(C(C#N)N(C)CC(=O)O)cc1. The van der Waals surface area contributed by atoms with E-state index < -0.39 is 12.0 Å². The molecule has 0 bridgehead atoms. The van der Waals surface area contributed by atoms with E-state index in [0.29, 0.717) is 5.75 Å². The molecule has 0 aliphatic rings. The summed E-state index contributed by atoms with van der Waals surface area (Å²) < 4.78 is 5.02. The van der Waals surface area contributed by atoms with Crippen molar-refractivity contribution in [2.45, 2.75) is 6.04 Å². The lowest BCUT2D eigenvalue weighted by molar-refractivity contribution is -0.138. The molecular weight excluding hydrogens is 220 g/mol. The van der Waals surface area contributed by atoms with E-state index in [4.69, 9.17) is 15.1 Å². The average molecular weight is 234 g/mol. The molecule has 1 aromatic carbocycles. The average Bonchev–Trinajstić information content (AvgIpc) is 2.30. The number of hydrogen-bond acceptors (Lipinski definition) is 4. The maximum absolute atomic E-state index is 10.6. The van der Waals surface area contributed by atoms with Gasteiger partial charge in [-0.05, 0) is 24.7 Å². The molecule has 1 N–H and O–H groups in total. The predicted octanol–water partition coefficient (Wildman–Crippen LogP) is 1.28. The monoisotopic (exact) mass is 234 g/mol. The van der Waals surface area contributed by atoms with Gasteiger partial charge in [0.15, 0.2) is 0 Å². The first-order valence-electron chi connectivity index (χ1n) is 5.04. The molecule has 1 unspecified atom stereocenters. The highest BCUT2D eigenvalue weighted by Crippen LogP contribution is 2.21. The Bertz CT molecular complexity index is 422. The minimum atomic E-state index is -0.957. The van der Waals surface area contributed by atoms with Crippen LogP contribution in [-0.2, 0) is 4.79 Å². The van der Waals surface area contributed by atoms with E-state index in [1.54, 1.807) is 38.4 Å². The van der Waals surface area contributed by atoms with Crippen LogP contribution in [0.4, 0.5) is 0 Å². The van der Waals surface area contributed by atoms with Gasteiger partial charge in [0.05, 0.1) is 19.7 Å². The summed E-state index contributed by atoms with van der Waals surface area (Å²) in [5.41, 5.74) is 0.747. The van der Waals surface area contributed by atoms with E-state index >= 15 is 0 Å². The van der Waals surface area contributed by atoms with Crippen molar-refractivity contribution in [2.75, 3.05) is 20.7 Å². The minimum absolute atomic E-state index is 0.176. The van der Waals surface area contributed by atoms with E-state index in [1.165, 1.54) is 4.90 Å². The summed E-state index contributed by atoms with van der Waals surface area (Å²) in [6.45, 7) is -0.176. The van der Waals surface area contributed by atoms with Crippen molar-refractivity contribution in [3.05, 3.63) is 29.8 Å². The zero-order chi connectivity index (χ0) is 12.8. The molecule has 17 heavy (non-hydrogen) atoms. The summed E-state index contributed by atoms with van der Waals surface area (Å²) in [4.78, 5) is 12.1. The molecule has 0 aliphatic heterocycles. The van der Waals surface area contributed by atoms with Crippen LogP contribution in [0.15, 0.2) is 24.3 Å². The normalized spacial score (nSPS) is 11.9. The summed E-state index contributed by atoms with van der Waals surface area (Å²) in [5, 5.41) is 17.8. The number of benzene rings is 1. The fourth-order valence-electron chi connectivity index (χ4n) is 1.52. The molecule has 1 aromatic rings. The molecule has 1 rings (SSSR count). The summed E-state index contributed by atoms with van der Waals surface area (Å²) in [6, 6.07) is 8.51. The highest BCUT2D eigenvalue weighted by atomic mass is 16.5. The number of carboxylic acids is 1. The van der Waals surface area contributed by atoms with Crippen LogP contribution < -0.4 is 4.74 Å². The molecule has 5 nitrogen and oxygen atoms in total. The topological polar surface area (TPSA) is 73.6 Å². The van der Waals surface area contributed by atoms with Crippen LogP contribution >= 0.6 is 0 Å². The number of aliphatic carboxylic acids is 1. The van der Waals surface area contributed by atoms with Crippen molar-refractivity contribution in [1.29, 1.82) is 5.26 Å². The van der Waals surface area contributed by atoms with Crippen LogP contribution in [0.25, 0.3) is 0 Å². The molecule has 0 saturated heterocycles. The summed E-state index contributed by atoms with van der Waals surface area (Å²) in [5.74, 6) is -0.257. The molecule has 5 heteroatoms. The van der Waals surface area contributed by atoms with Crippen molar-refractivity contribution < 1.29 is 14.6 Å². The Morgan fingerprint density at radius 3 is 2.53 bits per heavy atom. The van der Waals surface area contributed by atoms with Gasteiger partial charge in [-0.1, -0.05) is 12.1 Å². The Balaban J connectivity index is 2.86. The molecule has 0 aromatic heterocycles. The third-order valence-corrected chi connectivity index (χ3v) is 2.38. The summed E-state index contributed by atoms with van der Waals surface area (Å²) in [7, 11) is 3.17. The number of rotatable bonds is 5. The van der Waals surface area contributed by atoms with Gasteiger partial charge in [-0.3, -0.25) is 9.69 Å². The first kappa shape index (κ1) is 13.0. The van der Waals surface area contributed by atoms with Crippen LogP contribution in [0.2, 0.25) is 0 Å². The molecule has 0 heterocycles. The van der Waals surface area contributed by atoms with Gasteiger partial charge in [-0.2, -0.15) is 5.26 Å². The van der Waals surface area contributed by atoms with E-state index in [0.717, 1.165) is 5.56 Å². The number of likely N-dealkylation sites (N-methyl/N-ethyl adjacent to an activating group) is 1. The number of hydrogen-bond donors (Lipinski definition) is 1. The molecule has 0 aliphatic carbocycles. The Morgan fingerprint density at radius 2 is 2.12 bits per heavy atom. The van der Waals surface area contributed by atoms with Crippen LogP contribution in [0.5, 0.6) is 5.75 Å². The molecule has 0 saturated carbocycles. The van der Waals surface area contributed by atoms with Crippen molar-refractivity contribution in [3.8, 4) is 11.8 Å². The van der Waals surface area contributed by atoms with Crippen LogP contribution in [0.1, 0.15) is 11.6 Å². The van der Waals surface area contributed by atoms with Crippen LogP contribution in [0, 0.1) is 11.3 Å². The van der Waals surface area contributed by atoms with Crippen LogP contribution in [-0.4, -0.2) is 36.7 Å². The lowest BCUT2D eigenvalue weighted by Crippen LogP contribution is -2.29. The lowest BCUT2D eigenvalue weighted by Gasteiger charge is -2.20. The van der Waals surface area contributed by atoms with Gasteiger partial charge in [0.25, 0.3) is 0 Å². The van der Waals surface area contributed by atoms with Gasteiger partial charge in [0.1, 0.15) is 11.8 Å². The first-order valence-corrected chi connectivity index (χ1v) is 5.04. The molecule has 0 radical (unpaired) electrons. The lowest BCUT2D eigenvalue weighted by atomic mass is 10.1. The van der Waals surface area contributed by atoms with Gasteiger partial charge < -0.3 is 9.84 Å². The number of methoxy groups -OCH3 is 1. The summed E-state index contributed by atoms with van der Waals surface area (Å²) in [6.07, 6.45) is 0. The maximum atomic E-state index is 10.6.